The van der Waals surface area contributed by atoms with Crippen LogP contribution >= 0.6 is 0 Å². The first-order valence-electron chi connectivity index (χ1n) is 6.56. The van der Waals surface area contributed by atoms with Gasteiger partial charge in [0.1, 0.15) is 0 Å². The van der Waals surface area contributed by atoms with Gasteiger partial charge < -0.3 is 20.5 Å². The van der Waals surface area contributed by atoms with Crippen LogP contribution in [-0.2, 0) is 14.8 Å². The Kier molecular flexibility index (Phi) is 5.89. The van der Waals surface area contributed by atoms with Crippen LogP contribution in [0.2, 0.25) is 0 Å². The van der Waals surface area contributed by atoms with Gasteiger partial charge in [0.15, 0.2) is 0 Å². The van der Waals surface area contributed by atoms with Crippen LogP contribution in [0.5, 0.6) is 0 Å². The molecule has 2 amide bonds. The molecule has 0 aliphatic heterocycles. The number of nitrogens with two attached hydrogens (primary N) is 1. The zero-order chi connectivity index (χ0) is 16.9. The molecule has 122 valence electrons. The minimum atomic E-state index is -3.81. The van der Waals surface area contributed by atoms with Crippen molar-refractivity contribution in [3.63, 3.8) is 0 Å². The monoisotopic (exact) mass is 328 g/mol. The fourth-order valence-electron chi connectivity index (χ4n) is 1.71. The lowest BCUT2D eigenvalue weighted by Crippen LogP contribution is -2.52. The third kappa shape index (κ3) is 5.01. The van der Waals surface area contributed by atoms with Crippen molar-refractivity contribution in [3.8, 4) is 0 Å². The lowest BCUT2D eigenvalue weighted by molar-refractivity contribution is -0.309. The highest BCUT2D eigenvalue weighted by atomic mass is 32.2. The topological polar surface area (TPSA) is 141 Å². The van der Waals surface area contributed by atoms with E-state index in [9.17, 15) is 23.1 Å². The van der Waals surface area contributed by atoms with Gasteiger partial charge in [-0.3, -0.25) is 0 Å². The van der Waals surface area contributed by atoms with Crippen LogP contribution < -0.4 is 20.9 Å². The van der Waals surface area contributed by atoms with E-state index >= 15 is 0 Å². The Morgan fingerprint density at radius 1 is 1.27 bits per heavy atom. The van der Waals surface area contributed by atoms with E-state index in [1.54, 1.807) is 13.8 Å². The van der Waals surface area contributed by atoms with Gasteiger partial charge in [0, 0.05) is 5.69 Å². The van der Waals surface area contributed by atoms with E-state index in [-0.39, 0.29) is 10.8 Å². The van der Waals surface area contributed by atoms with Crippen molar-refractivity contribution in [2.75, 3.05) is 5.32 Å². The molecular weight excluding hydrogens is 310 g/mol. The Labute approximate surface area is 128 Å². The van der Waals surface area contributed by atoms with E-state index < -0.39 is 28.1 Å². The summed E-state index contributed by atoms with van der Waals surface area (Å²) in [6, 6.07) is 3.31. The summed E-state index contributed by atoms with van der Waals surface area (Å²) >= 11 is 0. The van der Waals surface area contributed by atoms with Crippen LogP contribution in [0.25, 0.3) is 0 Å². The Balaban J connectivity index is 2.74. The van der Waals surface area contributed by atoms with Crippen molar-refractivity contribution in [1.82, 2.24) is 5.32 Å². The third-order valence-corrected chi connectivity index (χ3v) is 4.12. The SMILES string of the molecule is CC[C@@H](C)[C@H](NC(=O)Nc1ccc(S(N)(=O)=O)cc1)C(=O)[O-]. The number of urea groups is 1. The highest BCUT2D eigenvalue weighted by Crippen LogP contribution is 2.13. The molecule has 4 N–H and O–H groups in total. The summed E-state index contributed by atoms with van der Waals surface area (Å²) in [6.45, 7) is 3.48. The van der Waals surface area contributed by atoms with Crippen LogP contribution in [-0.4, -0.2) is 26.5 Å². The van der Waals surface area contributed by atoms with E-state index in [0.717, 1.165) is 0 Å². The normalized spacial score (nSPS) is 14.0. The highest BCUT2D eigenvalue weighted by molar-refractivity contribution is 7.89. The van der Waals surface area contributed by atoms with E-state index in [1.165, 1.54) is 24.3 Å². The number of rotatable bonds is 6. The van der Waals surface area contributed by atoms with Gasteiger partial charge in [-0.15, -0.1) is 0 Å². The van der Waals surface area contributed by atoms with E-state index in [4.69, 9.17) is 5.14 Å². The summed E-state index contributed by atoms with van der Waals surface area (Å²) in [6.07, 6.45) is 0.558. The molecule has 0 saturated heterocycles. The quantitative estimate of drug-likeness (QED) is 0.652. The molecule has 9 heteroatoms. The number of carboxylic acid groups (broad SMARTS) is 1. The number of hydrogen-bond acceptors (Lipinski definition) is 5. The van der Waals surface area contributed by atoms with E-state index in [0.29, 0.717) is 12.1 Å². The van der Waals surface area contributed by atoms with Crippen molar-refractivity contribution in [1.29, 1.82) is 0 Å². The number of anilines is 1. The highest BCUT2D eigenvalue weighted by Gasteiger charge is 2.19. The maximum Gasteiger partial charge on any atom is 0.319 e. The van der Waals surface area contributed by atoms with Crippen molar-refractivity contribution < 1.29 is 23.1 Å². The van der Waals surface area contributed by atoms with Crippen molar-refractivity contribution in [2.24, 2.45) is 11.1 Å². The number of carboxylic acids is 1. The predicted molar refractivity (Wildman–Crippen MR) is 78.2 cm³/mol. The molecule has 0 fully saturated rings. The number of carbonyl (C=O) groups is 2. The summed E-state index contributed by atoms with van der Waals surface area (Å²) in [5, 5.41) is 20.7. The first-order chi connectivity index (χ1) is 10.1. The van der Waals surface area contributed by atoms with Crippen LogP contribution in [0.4, 0.5) is 10.5 Å². The first-order valence-corrected chi connectivity index (χ1v) is 8.11. The summed E-state index contributed by atoms with van der Waals surface area (Å²) in [4.78, 5) is 22.7. The first kappa shape index (κ1) is 17.9. The van der Waals surface area contributed by atoms with Crippen LogP contribution in [0.15, 0.2) is 29.2 Å². The molecule has 1 aromatic rings. The van der Waals surface area contributed by atoms with Crippen LogP contribution in [0.1, 0.15) is 20.3 Å². The second kappa shape index (κ2) is 7.23. The molecule has 0 spiro atoms. The smallest absolute Gasteiger partial charge is 0.319 e. The zero-order valence-electron chi connectivity index (χ0n) is 12.2. The number of aliphatic carboxylic acids is 1. The summed E-state index contributed by atoms with van der Waals surface area (Å²) in [7, 11) is -3.81. The molecule has 1 rings (SSSR count). The minimum absolute atomic E-state index is 0.0920. The van der Waals surface area contributed by atoms with Gasteiger partial charge in [0.2, 0.25) is 10.0 Å². The third-order valence-electron chi connectivity index (χ3n) is 3.19. The standard InChI is InChI=1S/C13H19N3O5S/c1-3-8(2)11(12(17)18)16-13(19)15-9-4-6-10(7-5-9)22(14,20)21/h4-8,11H,3H2,1-2H3,(H,17,18)(H2,14,20,21)(H2,15,16,19)/p-1/t8-,11+/m1/s1. The lowest BCUT2D eigenvalue weighted by Gasteiger charge is -2.25. The Bertz CT molecular complexity index is 642. The molecular formula is C13H18N3O5S-. The summed E-state index contributed by atoms with van der Waals surface area (Å²) < 4.78 is 22.2. The van der Waals surface area contributed by atoms with Gasteiger partial charge in [-0.05, 0) is 30.2 Å². The van der Waals surface area contributed by atoms with Crippen molar-refractivity contribution in [2.45, 2.75) is 31.2 Å². The molecule has 1 aromatic carbocycles. The van der Waals surface area contributed by atoms with Gasteiger partial charge in [0.25, 0.3) is 0 Å². The van der Waals surface area contributed by atoms with E-state index in [1.807, 2.05) is 0 Å². The number of sulfonamides is 1. The van der Waals surface area contributed by atoms with Gasteiger partial charge >= 0.3 is 6.03 Å². The maximum atomic E-state index is 11.8. The molecule has 0 aliphatic carbocycles. The molecule has 0 radical (unpaired) electrons. The van der Waals surface area contributed by atoms with Crippen molar-refractivity contribution in [3.05, 3.63) is 24.3 Å². The number of primary sulfonamides is 1. The molecule has 0 unspecified atom stereocenters. The molecule has 0 heterocycles. The number of amides is 2. The predicted octanol–water partition coefficient (Wildman–Crippen LogP) is -0.380. The van der Waals surface area contributed by atoms with Gasteiger partial charge in [-0.2, -0.15) is 0 Å². The number of carbonyl (C=O) groups excluding carboxylic acids is 2. The molecule has 8 nitrogen and oxygen atoms in total. The Hall–Kier alpha value is -2.13. The van der Waals surface area contributed by atoms with Crippen molar-refractivity contribution >= 4 is 27.7 Å². The van der Waals surface area contributed by atoms with Crippen LogP contribution in [0.3, 0.4) is 0 Å². The number of benzene rings is 1. The fraction of sp³-hybridized carbons (Fsp3) is 0.385. The largest absolute Gasteiger partial charge is 0.548 e. The Morgan fingerprint density at radius 2 is 1.82 bits per heavy atom. The summed E-state index contributed by atoms with van der Waals surface area (Å²) in [5.41, 5.74) is 0.297. The molecule has 0 aliphatic rings. The number of hydrogen-bond donors (Lipinski definition) is 3. The molecule has 22 heavy (non-hydrogen) atoms. The van der Waals surface area contributed by atoms with E-state index in [2.05, 4.69) is 10.6 Å². The fourth-order valence-corrected chi connectivity index (χ4v) is 2.22. The second-order valence-electron chi connectivity index (χ2n) is 4.85. The Morgan fingerprint density at radius 3 is 2.23 bits per heavy atom. The number of nitrogens with one attached hydrogen (secondary N) is 2. The molecule has 0 saturated carbocycles. The van der Waals surface area contributed by atoms with Crippen LogP contribution in [0, 0.1) is 5.92 Å². The molecule has 2 atom stereocenters. The zero-order valence-corrected chi connectivity index (χ0v) is 13.0. The average Bonchev–Trinajstić information content (AvgIpc) is 2.43. The molecule has 0 aromatic heterocycles. The van der Waals surface area contributed by atoms with Gasteiger partial charge in [-0.1, -0.05) is 20.3 Å². The lowest BCUT2D eigenvalue weighted by atomic mass is 9.99. The summed E-state index contributed by atoms with van der Waals surface area (Å²) in [5.74, 6) is -1.66. The molecule has 0 bridgehead atoms. The second-order valence-corrected chi connectivity index (χ2v) is 6.41. The minimum Gasteiger partial charge on any atom is -0.548 e. The maximum absolute atomic E-state index is 11.8. The van der Waals surface area contributed by atoms with Gasteiger partial charge in [0.05, 0.1) is 16.9 Å². The van der Waals surface area contributed by atoms with Gasteiger partial charge in [-0.25, -0.2) is 18.4 Å². The average molecular weight is 328 g/mol.